The molecule has 0 aliphatic rings. The second kappa shape index (κ2) is 7.27. The van der Waals surface area contributed by atoms with Crippen molar-refractivity contribution in [2.75, 3.05) is 18.5 Å². The van der Waals surface area contributed by atoms with Crippen molar-refractivity contribution in [2.45, 2.75) is 6.92 Å². The molecule has 0 aliphatic heterocycles. The van der Waals surface area contributed by atoms with Crippen molar-refractivity contribution < 1.29 is 4.74 Å². The smallest absolute Gasteiger partial charge is 0.126 e. The van der Waals surface area contributed by atoms with E-state index in [2.05, 4.69) is 17.5 Å². The molecule has 2 nitrogen and oxygen atoms in total. The lowest BCUT2D eigenvalue weighted by Gasteiger charge is -2.10. The van der Waals surface area contributed by atoms with Gasteiger partial charge in [-0.25, -0.2) is 0 Å². The summed E-state index contributed by atoms with van der Waals surface area (Å²) in [4.78, 5) is 0. The van der Waals surface area contributed by atoms with Crippen molar-refractivity contribution in [3.8, 4) is 5.75 Å². The lowest BCUT2D eigenvalue weighted by Crippen LogP contribution is -2.11. The molecule has 1 N–H and O–H groups in total. The van der Waals surface area contributed by atoms with Gasteiger partial charge in [0.25, 0.3) is 0 Å². The van der Waals surface area contributed by atoms with Gasteiger partial charge in [-0.15, -0.1) is 0 Å². The third-order valence-corrected chi connectivity index (χ3v) is 2.73. The monoisotopic (exact) mass is 253 g/mol. The highest BCUT2D eigenvalue weighted by molar-refractivity contribution is 5.56. The molecule has 0 saturated carbocycles. The quantitative estimate of drug-likeness (QED) is 0.779. The summed E-state index contributed by atoms with van der Waals surface area (Å²) in [7, 11) is 0. The number of hydrogen-bond acceptors (Lipinski definition) is 2. The molecule has 0 radical (unpaired) electrons. The number of hydrogen-bond donors (Lipinski definition) is 1. The first kappa shape index (κ1) is 13.2. The molecule has 0 fully saturated rings. The van der Waals surface area contributed by atoms with Crippen LogP contribution in [0.1, 0.15) is 12.5 Å². The van der Waals surface area contributed by atoms with E-state index in [9.17, 15) is 0 Å². The zero-order valence-electron chi connectivity index (χ0n) is 11.2. The van der Waals surface area contributed by atoms with Gasteiger partial charge >= 0.3 is 0 Å². The van der Waals surface area contributed by atoms with Crippen LogP contribution in [0.15, 0.2) is 60.7 Å². The van der Waals surface area contributed by atoms with Crippen LogP contribution in [0.4, 0.5) is 5.69 Å². The highest BCUT2D eigenvalue weighted by atomic mass is 16.5. The summed E-state index contributed by atoms with van der Waals surface area (Å²) in [6.45, 7) is 3.44. The maximum absolute atomic E-state index is 5.80. The first-order valence-electron chi connectivity index (χ1n) is 6.53. The second-order valence-corrected chi connectivity index (χ2v) is 4.18. The van der Waals surface area contributed by atoms with E-state index in [4.69, 9.17) is 4.74 Å². The van der Waals surface area contributed by atoms with Crippen LogP contribution in [0, 0.1) is 0 Å². The molecular weight excluding hydrogens is 234 g/mol. The third kappa shape index (κ3) is 4.18. The van der Waals surface area contributed by atoms with Gasteiger partial charge in [0.2, 0.25) is 0 Å². The Labute approximate surface area is 114 Å². The highest BCUT2D eigenvalue weighted by Crippen LogP contribution is 2.19. The molecule has 0 spiro atoms. The Morgan fingerprint density at radius 1 is 1.00 bits per heavy atom. The van der Waals surface area contributed by atoms with E-state index >= 15 is 0 Å². The molecule has 0 heterocycles. The van der Waals surface area contributed by atoms with Gasteiger partial charge in [0.15, 0.2) is 0 Å². The van der Waals surface area contributed by atoms with E-state index in [0.29, 0.717) is 6.61 Å². The van der Waals surface area contributed by atoms with Crippen LogP contribution < -0.4 is 10.1 Å². The molecule has 2 heteroatoms. The number of benzene rings is 2. The van der Waals surface area contributed by atoms with Crippen LogP contribution in [0.5, 0.6) is 5.75 Å². The average molecular weight is 253 g/mol. The van der Waals surface area contributed by atoms with Crippen LogP contribution >= 0.6 is 0 Å². The Hall–Kier alpha value is -2.22. The number of allylic oxidation sites excluding steroid dienone is 1. The number of ether oxygens (including phenoxy) is 1. The van der Waals surface area contributed by atoms with Crippen molar-refractivity contribution in [2.24, 2.45) is 0 Å². The van der Waals surface area contributed by atoms with Gasteiger partial charge in [0, 0.05) is 17.8 Å². The lowest BCUT2D eigenvalue weighted by molar-refractivity contribution is 0.332. The van der Waals surface area contributed by atoms with Crippen molar-refractivity contribution in [3.05, 3.63) is 66.2 Å². The Bertz CT molecular complexity index is 520. The summed E-state index contributed by atoms with van der Waals surface area (Å²) < 4.78 is 5.80. The normalized spacial score (nSPS) is 10.6. The Balaban J connectivity index is 1.83. The molecule has 0 aromatic heterocycles. The van der Waals surface area contributed by atoms with E-state index in [1.165, 1.54) is 0 Å². The van der Waals surface area contributed by atoms with E-state index < -0.39 is 0 Å². The fraction of sp³-hybridized carbons (Fsp3) is 0.176. The number of nitrogens with one attached hydrogen (secondary N) is 1. The molecule has 0 amide bonds. The van der Waals surface area contributed by atoms with Crippen LogP contribution in [-0.4, -0.2) is 13.2 Å². The lowest BCUT2D eigenvalue weighted by atomic mass is 10.2. The summed E-state index contributed by atoms with van der Waals surface area (Å²) in [5.74, 6) is 0.926. The molecule has 0 bridgehead atoms. The van der Waals surface area contributed by atoms with Gasteiger partial charge in [-0.1, -0.05) is 48.6 Å². The fourth-order valence-corrected chi connectivity index (χ4v) is 1.84. The molecule has 2 rings (SSSR count). The predicted molar refractivity (Wildman–Crippen MR) is 81.6 cm³/mol. The van der Waals surface area contributed by atoms with Gasteiger partial charge in [0.1, 0.15) is 12.4 Å². The maximum atomic E-state index is 5.80. The fourth-order valence-electron chi connectivity index (χ4n) is 1.84. The van der Waals surface area contributed by atoms with Gasteiger partial charge in [-0.3, -0.25) is 0 Å². The predicted octanol–water partition coefficient (Wildman–Crippen LogP) is 4.21. The first-order valence-corrected chi connectivity index (χ1v) is 6.53. The van der Waals surface area contributed by atoms with E-state index in [1.807, 2.05) is 61.5 Å². The number of anilines is 1. The molecule has 0 aliphatic carbocycles. The highest BCUT2D eigenvalue weighted by Gasteiger charge is 1.98. The van der Waals surface area contributed by atoms with Crippen LogP contribution in [0.2, 0.25) is 0 Å². The molecule has 98 valence electrons. The minimum Gasteiger partial charge on any atom is -0.491 e. The van der Waals surface area contributed by atoms with Crippen LogP contribution in [0.3, 0.4) is 0 Å². The molecule has 0 saturated heterocycles. The molecule has 0 atom stereocenters. The topological polar surface area (TPSA) is 21.3 Å². The van der Waals surface area contributed by atoms with Crippen molar-refractivity contribution in [1.82, 2.24) is 0 Å². The Kier molecular flexibility index (Phi) is 5.06. The van der Waals surface area contributed by atoms with E-state index in [1.54, 1.807) is 0 Å². The Morgan fingerprint density at radius 2 is 1.74 bits per heavy atom. The van der Waals surface area contributed by atoms with Crippen molar-refractivity contribution >= 4 is 11.8 Å². The average Bonchev–Trinajstić information content (AvgIpc) is 2.47. The number of para-hydroxylation sites is 2. The molecular formula is C17H19NO. The van der Waals surface area contributed by atoms with E-state index in [-0.39, 0.29) is 0 Å². The SMILES string of the molecule is CC=Cc1ccccc1OCCNc1ccccc1. The van der Waals surface area contributed by atoms with Gasteiger partial charge in [-0.05, 0) is 25.1 Å². The maximum Gasteiger partial charge on any atom is 0.126 e. The van der Waals surface area contributed by atoms with Gasteiger partial charge in [0.05, 0.1) is 0 Å². The zero-order chi connectivity index (χ0) is 13.3. The van der Waals surface area contributed by atoms with Crippen LogP contribution in [-0.2, 0) is 0 Å². The summed E-state index contributed by atoms with van der Waals surface area (Å²) in [6.07, 6.45) is 4.07. The summed E-state index contributed by atoms with van der Waals surface area (Å²) >= 11 is 0. The molecule has 2 aromatic rings. The summed E-state index contributed by atoms with van der Waals surface area (Å²) in [5.41, 5.74) is 2.23. The second-order valence-electron chi connectivity index (χ2n) is 4.18. The summed E-state index contributed by atoms with van der Waals surface area (Å²) in [6, 6.07) is 18.2. The van der Waals surface area contributed by atoms with E-state index in [0.717, 1.165) is 23.5 Å². The third-order valence-electron chi connectivity index (χ3n) is 2.73. The molecule has 2 aromatic carbocycles. The largest absolute Gasteiger partial charge is 0.491 e. The standard InChI is InChI=1S/C17H19NO/c1-2-8-15-9-6-7-12-17(15)19-14-13-18-16-10-4-3-5-11-16/h2-12,18H,13-14H2,1H3. The Morgan fingerprint density at radius 3 is 2.53 bits per heavy atom. The van der Waals surface area contributed by atoms with Gasteiger partial charge in [-0.2, -0.15) is 0 Å². The first-order chi connectivity index (χ1) is 9.40. The van der Waals surface area contributed by atoms with Crippen LogP contribution in [0.25, 0.3) is 6.08 Å². The minimum atomic E-state index is 0.642. The molecule has 0 unspecified atom stereocenters. The van der Waals surface area contributed by atoms with Crippen molar-refractivity contribution in [3.63, 3.8) is 0 Å². The van der Waals surface area contributed by atoms with Gasteiger partial charge < -0.3 is 10.1 Å². The molecule has 19 heavy (non-hydrogen) atoms. The zero-order valence-corrected chi connectivity index (χ0v) is 11.2. The summed E-state index contributed by atoms with van der Waals surface area (Å²) in [5, 5.41) is 3.32. The number of rotatable bonds is 6. The minimum absolute atomic E-state index is 0.642. The van der Waals surface area contributed by atoms with Crippen molar-refractivity contribution in [1.29, 1.82) is 0 Å².